The molecule has 0 atom stereocenters. The molecule has 0 heterocycles. The number of benzene rings is 3. The lowest BCUT2D eigenvalue weighted by Crippen LogP contribution is -2.03. The third kappa shape index (κ3) is 15.3. The van der Waals surface area contributed by atoms with E-state index >= 15 is 0 Å². The Kier molecular flexibility index (Phi) is 18.9. The molecule has 3 aromatic rings. The summed E-state index contributed by atoms with van der Waals surface area (Å²) in [6.07, 6.45) is 0.907. The molecule has 0 spiro atoms. The van der Waals surface area contributed by atoms with Crippen molar-refractivity contribution in [3.05, 3.63) is 75.9 Å². The minimum absolute atomic E-state index is 0. The van der Waals surface area contributed by atoms with E-state index in [2.05, 4.69) is 30.3 Å². The van der Waals surface area contributed by atoms with Crippen LogP contribution in [0.15, 0.2) is 66.7 Å². The first-order valence-corrected chi connectivity index (χ1v) is 11.2. The molecule has 0 saturated carbocycles. The largest absolute Gasteiger partial charge is 0.497 e. The second kappa shape index (κ2) is 19.1. The predicted molar refractivity (Wildman–Crippen MR) is 137 cm³/mol. The lowest BCUT2D eigenvalue weighted by atomic mass is 10.0. The molecule has 32 heavy (non-hydrogen) atoms. The van der Waals surface area contributed by atoms with Gasteiger partial charge < -0.3 is 20.7 Å². The van der Waals surface area contributed by atoms with E-state index in [1.807, 2.05) is 36.4 Å². The van der Waals surface area contributed by atoms with Crippen LogP contribution in [0.4, 0.5) is 0 Å². The van der Waals surface area contributed by atoms with Crippen LogP contribution in [0.25, 0.3) is 10.8 Å². The maximum atomic E-state index is 10.2. The number of fused-ring (bicyclic) bond motifs is 1. The van der Waals surface area contributed by atoms with Crippen LogP contribution in [0.2, 0.25) is 0 Å². The Bertz CT molecular complexity index is 934. The average Bonchev–Trinajstić information content (AvgIpc) is 2.74. The van der Waals surface area contributed by atoms with Gasteiger partial charge in [-0.1, -0.05) is 42.5 Å². The van der Waals surface area contributed by atoms with Crippen molar-refractivity contribution < 1.29 is 27.6 Å². The van der Waals surface area contributed by atoms with Crippen LogP contribution in [0.3, 0.4) is 0 Å². The molecule has 0 aliphatic heterocycles. The van der Waals surface area contributed by atoms with Gasteiger partial charge in [0.2, 0.25) is 0 Å². The topological polar surface area (TPSA) is 127 Å². The molecule has 0 amide bonds. The number of carbonyl (C=O) groups is 2. The van der Waals surface area contributed by atoms with Crippen molar-refractivity contribution in [1.82, 2.24) is 0 Å². The Balaban J connectivity index is 0. The van der Waals surface area contributed by atoms with E-state index in [-0.39, 0.29) is 12.4 Å². The van der Waals surface area contributed by atoms with Gasteiger partial charge in [0.15, 0.2) is 21.2 Å². The molecule has 4 N–H and O–H groups in total. The maximum absolute atomic E-state index is 10.2. The number of nitrogens with two attached hydrogens (primary N) is 1. The Labute approximate surface area is 204 Å². The Morgan fingerprint density at radius 3 is 1.94 bits per heavy atom. The Morgan fingerprint density at radius 2 is 1.50 bits per heavy atom. The zero-order valence-corrected chi connectivity index (χ0v) is 21.1. The van der Waals surface area contributed by atoms with Crippen molar-refractivity contribution in [3.63, 3.8) is 0 Å². The van der Waals surface area contributed by atoms with Crippen LogP contribution in [-0.4, -0.2) is 35.8 Å². The lowest BCUT2D eigenvalue weighted by Gasteiger charge is -2.07. The molecule has 176 valence electrons. The minimum Gasteiger partial charge on any atom is -0.497 e. The first-order valence-electron chi connectivity index (χ1n) is 9.22. The first-order chi connectivity index (χ1) is 14.7. The maximum Gasteiger partial charge on any atom is 0.300 e. The molecule has 0 bridgehead atoms. The average molecular weight is 578 g/mol. The molecule has 0 aliphatic rings. The standard InChI is InChI=1S/C13H15NO.C6H5IO.2C2H4O2.ClH/c1-15-12-6-5-10-3-2-4-11(7-8-14)13(10)9-12;8-7-6-4-2-1-3-5-6;2*1-2(3)4;/h2-6,9H,7-8,14H2,1H3;1-5H;2*1H3,(H,3,4);1H. The zero-order valence-electron chi connectivity index (χ0n) is 18.2. The fraction of sp³-hybridized carbons (Fsp3) is 0.217. The van der Waals surface area contributed by atoms with E-state index in [4.69, 9.17) is 30.3 Å². The number of hydrogen-bond donors (Lipinski definition) is 3. The smallest absolute Gasteiger partial charge is 0.300 e. The van der Waals surface area contributed by atoms with Crippen molar-refractivity contribution in [2.24, 2.45) is 5.73 Å². The molecule has 0 unspecified atom stereocenters. The number of carboxylic acids is 2. The van der Waals surface area contributed by atoms with Crippen molar-refractivity contribution in [2.75, 3.05) is 13.7 Å². The number of ether oxygens (including phenoxy) is 1. The summed E-state index contributed by atoms with van der Waals surface area (Å²) in [5.74, 6) is -0.771. The third-order valence-electron chi connectivity index (χ3n) is 3.42. The second-order valence-corrected chi connectivity index (χ2v) is 7.64. The first kappa shape index (κ1) is 31.6. The summed E-state index contributed by atoms with van der Waals surface area (Å²) in [7, 11) is 1.69. The predicted octanol–water partition coefficient (Wildman–Crippen LogP) is 5.13. The van der Waals surface area contributed by atoms with Gasteiger partial charge in [-0.25, -0.2) is 0 Å². The summed E-state index contributed by atoms with van der Waals surface area (Å²) in [6.45, 7) is 2.84. The van der Waals surface area contributed by atoms with Crippen molar-refractivity contribution in [3.8, 4) is 5.75 Å². The lowest BCUT2D eigenvalue weighted by molar-refractivity contribution is -0.135. The summed E-state index contributed by atoms with van der Waals surface area (Å²) >= 11 is -0.941. The van der Waals surface area contributed by atoms with Gasteiger partial charge in [0.1, 0.15) is 5.75 Å². The van der Waals surface area contributed by atoms with E-state index in [1.54, 1.807) is 7.11 Å². The Morgan fingerprint density at radius 1 is 0.938 bits per heavy atom. The Hall–Kier alpha value is -2.56. The molecule has 0 aromatic heterocycles. The molecule has 3 aromatic carbocycles. The highest BCUT2D eigenvalue weighted by Crippen LogP contribution is 2.24. The fourth-order valence-corrected chi connectivity index (χ4v) is 2.99. The quantitative estimate of drug-likeness (QED) is 0.367. The van der Waals surface area contributed by atoms with Gasteiger partial charge in [0.05, 0.1) is 7.11 Å². The SMILES string of the molecule is CC(=O)O.CC(=O)O.COc1ccc2cccc(CCN)c2c1.Cl.O=Ic1ccccc1. The van der Waals surface area contributed by atoms with Gasteiger partial charge in [-0.2, -0.15) is 0 Å². The van der Waals surface area contributed by atoms with Gasteiger partial charge >= 0.3 is 0 Å². The van der Waals surface area contributed by atoms with E-state index in [0.29, 0.717) is 6.54 Å². The number of carboxylic acid groups (broad SMARTS) is 2. The number of methoxy groups -OCH3 is 1. The van der Waals surface area contributed by atoms with Crippen molar-refractivity contribution in [1.29, 1.82) is 0 Å². The summed E-state index contributed by atoms with van der Waals surface area (Å²) in [5.41, 5.74) is 6.88. The van der Waals surface area contributed by atoms with Crippen LogP contribution in [-0.2, 0) is 19.1 Å². The van der Waals surface area contributed by atoms with Crippen molar-refractivity contribution >= 4 is 56.3 Å². The van der Waals surface area contributed by atoms with Crippen LogP contribution >= 0.6 is 33.6 Å². The molecule has 0 saturated heterocycles. The molecular weight excluding hydrogens is 549 g/mol. The third-order valence-corrected chi connectivity index (χ3v) is 4.64. The van der Waals surface area contributed by atoms with Gasteiger partial charge in [-0.05, 0) is 53.6 Å². The van der Waals surface area contributed by atoms with E-state index in [0.717, 1.165) is 29.6 Å². The molecular formula is C23H29ClINO6. The molecule has 0 radical (unpaired) electrons. The van der Waals surface area contributed by atoms with Gasteiger partial charge in [-0.15, -0.1) is 12.4 Å². The highest BCUT2D eigenvalue weighted by atomic mass is 127. The van der Waals surface area contributed by atoms with Crippen LogP contribution in [0.1, 0.15) is 19.4 Å². The van der Waals surface area contributed by atoms with E-state index in [9.17, 15) is 3.07 Å². The number of halogens is 2. The highest BCUT2D eigenvalue weighted by molar-refractivity contribution is 14.1. The van der Waals surface area contributed by atoms with Crippen LogP contribution < -0.4 is 10.5 Å². The number of hydrogen-bond acceptors (Lipinski definition) is 5. The second-order valence-electron chi connectivity index (χ2n) is 5.95. The number of aliphatic carboxylic acids is 2. The van der Waals surface area contributed by atoms with Crippen LogP contribution in [0.5, 0.6) is 5.75 Å². The molecule has 0 fully saturated rings. The van der Waals surface area contributed by atoms with Gasteiger partial charge in [0.25, 0.3) is 11.9 Å². The minimum atomic E-state index is -0.941. The molecule has 0 aliphatic carbocycles. The van der Waals surface area contributed by atoms with Crippen LogP contribution in [0, 0.1) is 3.57 Å². The monoisotopic (exact) mass is 577 g/mol. The molecule has 7 nitrogen and oxygen atoms in total. The van der Waals surface area contributed by atoms with Crippen molar-refractivity contribution in [2.45, 2.75) is 20.3 Å². The summed E-state index contributed by atoms with van der Waals surface area (Å²) in [6, 6.07) is 21.9. The summed E-state index contributed by atoms with van der Waals surface area (Å²) < 4.78 is 16.4. The zero-order chi connectivity index (χ0) is 23.6. The highest BCUT2D eigenvalue weighted by Gasteiger charge is 2.01. The summed E-state index contributed by atoms with van der Waals surface area (Å²) in [4.78, 5) is 18.0. The molecule has 3 rings (SSSR count). The summed E-state index contributed by atoms with van der Waals surface area (Å²) in [5, 5.41) is 17.3. The number of rotatable bonds is 4. The van der Waals surface area contributed by atoms with Gasteiger partial charge in [-0.3, -0.25) is 12.7 Å². The fourth-order valence-electron chi connectivity index (χ4n) is 2.28. The van der Waals surface area contributed by atoms with E-state index in [1.165, 1.54) is 16.3 Å². The van der Waals surface area contributed by atoms with Gasteiger partial charge in [0, 0.05) is 17.4 Å². The normalized spacial score (nSPS) is 8.75. The molecule has 9 heteroatoms. The van der Waals surface area contributed by atoms with E-state index < -0.39 is 33.1 Å².